The van der Waals surface area contributed by atoms with Crippen molar-refractivity contribution in [2.75, 3.05) is 11.9 Å². The van der Waals surface area contributed by atoms with E-state index in [0.29, 0.717) is 6.61 Å². The van der Waals surface area contributed by atoms with E-state index in [9.17, 15) is 4.79 Å². The summed E-state index contributed by atoms with van der Waals surface area (Å²) in [5, 5.41) is 3.23. The number of aryl methyl sites for hydroxylation is 1. The Kier molecular flexibility index (Phi) is 5.10. The van der Waals surface area contributed by atoms with Crippen LogP contribution in [0.5, 0.6) is 0 Å². The molecule has 4 heteroatoms. The van der Waals surface area contributed by atoms with Gasteiger partial charge >= 0.3 is 5.97 Å². The van der Waals surface area contributed by atoms with Gasteiger partial charge in [0.15, 0.2) is 0 Å². The van der Waals surface area contributed by atoms with Crippen LogP contribution < -0.4 is 5.32 Å². The number of nitrogens with one attached hydrogen (secondary N) is 1. The molecule has 1 heterocycles. The molecule has 0 bridgehead atoms. The zero-order valence-electron chi connectivity index (χ0n) is 12.2. The molecule has 0 aliphatic heterocycles. The van der Waals surface area contributed by atoms with Gasteiger partial charge in [0, 0.05) is 17.5 Å². The monoisotopic (exact) mass is 282 g/mol. The predicted molar refractivity (Wildman–Crippen MR) is 84.4 cm³/mol. The topological polar surface area (TPSA) is 51.2 Å². The number of esters is 1. The fourth-order valence-electron chi connectivity index (χ4n) is 1.79. The van der Waals surface area contributed by atoms with Gasteiger partial charge in [-0.1, -0.05) is 18.2 Å². The smallest absolute Gasteiger partial charge is 0.330 e. The summed E-state index contributed by atoms with van der Waals surface area (Å²) in [6.07, 6.45) is 3.15. The van der Waals surface area contributed by atoms with Crippen LogP contribution in [0.15, 0.2) is 48.5 Å². The average Bonchev–Trinajstić information content (AvgIpc) is 2.47. The van der Waals surface area contributed by atoms with Crippen LogP contribution in [0.3, 0.4) is 0 Å². The Hall–Kier alpha value is -2.62. The SMILES string of the molecule is CCOC(=O)/C=C/c1ccc(Nc2cccc(C)n2)cc1. The van der Waals surface area contributed by atoms with E-state index in [2.05, 4.69) is 10.3 Å². The number of nitrogens with zero attached hydrogens (tertiary/aromatic N) is 1. The first-order valence-electron chi connectivity index (χ1n) is 6.83. The third-order valence-electron chi connectivity index (χ3n) is 2.77. The molecular formula is C17H18N2O2. The summed E-state index contributed by atoms with van der Waals surface area (Å²) in [4.78, 5) is 15.6. The number of carbonyl (C=O) groups is 1. The zero-order valence-corrected chi connectivity index (χ0v) is 12.2. The van der Waals surface area contributed by atoms with Crippen molar-refractivity contribution < 1.29 is 9.53 Å². The second-order valence-electron chi connectivity index (χ2n) is 4.50. The van der Waals surface area contributed by atoms with Gasteiger partial charge in [0.05, 0.1) is 6.61 Å². The van der Waals surface area contributed by atoms with E-state index in [1.807, 2.05) is 49.4 Å². The van der Waals surface area contributed by atoms with Crippen molar-refractivity contribution in [1.29, 1.82) is 0 Å². The molecule has 0 spiro atoms. The number of pyridine rings is 1. The first-order valence-corrected chi connectivity index (χ1v) is 6.83. The molecule has 1 aromatic heterocycles. The summed E-state index contributed by atoms with van der Waals surface area (Å²) in [5.41, 5.74) is 2.85. The van der Waals surface area contributed by atoms with Gasteiger partial charge in [-0.2, -0.15) is 0 Å². The molecule has 0 saturated carbocycles. The predicted octanol–water partition coefficient (Wildman–Crippen LogP) is 3.71. The molecule has 4 nitrogen and oxygen atoms in total. The van der Waals surface area contributed by atoms with Crippen LogP contribution in [0.2, 0.25) is 0 Å². The van der Waals surface area contributed by atoms with E-state index in [1.165, 1.54) is 6.08 Å². The van der Waals surface area contributed by atoms with Crippen LogP contribution in [0.25, 0.3) is 6.08 Å². The molecule has 0 saturated heterocycles. The first-order chi connectivity index (χ1) is 10.2. The summed E-state index contributed by atoms with van der Waals surface area (Å²) < 4.78 is 4.83. The van der Waals surface area contributed by atoms with Gasteiger partial charge in [0.25, 0.3) is 0 Å². The fraction of sp³-hybridized carbons (Fsp3) is 0.176. The molecule has 2 rings (SSSR count). The maximum absolute atomic E-state index is 11.2. The minimum atomic E-state index is -0.330. The largest absolute Gasteiger partial charge is 0.463 e. The van der Waals surface area contributed by atoms with Gasteiger partial charge in [-0.15, -0.1) is 0 Å². The van der Waals surface area contributed by atoms with Gasteiger partial charge in [0.1, 0.15) is 5.82 Å². The molecule has 0 amide bonds. The highest BCUT2D eigenvalue weighted by Crippen LogP contribution is 2.16. The normalized spacial score (nSPS) is 10.6. The Bertz CT molecular complexity index is 633. The van der Waals surface area contributed by atoms with Gasteiger partial charge in [0.2, 0.25) is 0 Å². The van der Waals surface area contributed by atoms with E-state index >= 15 is 0 Å². The van der Waals surface area contributed by atoms with Gasteiger partial charge in [-0.3, -0.25) is 0 Å². The van der Waals surface area contributed by atoms with E-state index in [-0.39, 0.29) is 5.97 Å². The summed E-state index contributed by atoms with van der Waals surface area (Å²) in [6, 6.07) is 13.6. The Labute approximate surface area is 124 Å². The highest BCUT2D eigenvalue weighted by atomic mass is 16.5. The lowest BCUT2D eigenvalue weighted by Crippen LogP contribution is -1.98. The molecule has 108 valence electrons. The molecule has 0 aliphatic rings. The molecule has 1 aromatic carbocycles. The average molecular weight is 282 g/mol. The quantitative estimate of drug-likeness (QED) is 0.671. The fourth-order valence-corrected chi connectivity index (χ4v) is 1.79. The van der Waals surface area contributed by atoms with Crippen LogP contribution in [0, 0.1) is 6.92 Å². The van der Waals surface area contributed by atoms with E-state index < -0.39 is 0 Å². The molecule has 0 radical (unpaired) electrons. The lowest BCUT2D eigenvalue weighted by Gasteiger charge is -2.06. The van der Waals surface area contributed by atoms with Gasteiger partial charge in [-0.25, -0.2) is 9.78 Å². The van der Waals surface area contributed by atoms with E-state index in [0.717, 1.165) is 22.8 Å². The number of carbonyl (C=O) groups excluding carboxylic acids is 1. The molecule has 0 atom stereocenters. The summed E-state index contributed by atoms with van der Waals surface area (Å²) in [6.45, 7) is 4.12. The molecular weight excluding hydrogens is 264 g/mol. The number of aromatic nitrogens is 1. The van der Waals surface area contributed by atoms with E-state index in [4.69, 9.17) is 4.74 Å². The maximum Gasteiger partial charge on any atom is 0.330 e. The Morgan fingerprint density at radius 3 is 2.67 bits per heavy atom. The molecule has 0 unspecified atom stereocenters. The van der Waals surface area contributed by atoms with Crippen LogP contribution in [-0.2, 0) is 9.53 Å². The number of anilines is 2. The standard InChI is InChI=1S/C17H18N2O2/c1-3-21-17(20)12-9-14-7-10-15(11-8-14)19-16-6-4-5-13(2)18-16/h4-12H,3H2,1-2H3,(H,18,19)/b12-9+. The maximum atomic E-state index is 11.2. The lowest BCUT2D eigenvalue weighted by atomic mass is 10.2. The second kappa shape index (κ2) is 7.24. The van der Waals surface area contributed by atoms with Crippen LogP contribution in [0.1, 0.15) is 18.2 Å². The van der Waals surface area contributed by atoms with Crippen molar-refractivity contribution in [1.82, 2.24) is 4.98 Å². The Balaban J connectivity index is 2.00. The highest BCUT2D eigenvalue weighted by molar-refractivity contribution is 5.87. The van der Waals surface area contributed by atoms with Crippen molar-refractivity contribution in [3.63, 3.8) is 0 Å². The summed E-state index contributed by atoms with van der Waals surface area (Å²) in [7, 11) is 0. The minimum absolute atomic E-state index is 0.330. The number of hydrogen-bond acceptors (Lipinski definition) is 4. The molecule has 0 aliphatic carbocycles. The molecule has 1 N–H and O–H groups in total. The number of rotatable bonds is 5. The zero-order chi connectivity index (χ0) is 15.1. The number of hydrogen-bond donors (Lipinski definition) is 1. The minimum Gasteiger partial charge on any atom is -0.463 e. The highest BCUT2D eigenvalue weighted by Gasteiger charge is 1.97. The number of benzene rings is 1. The van der Waals surface area contributed by atoms with Crippen LogP contribution in [-0.4, -0.2) is 17.6 Å². The van der Waals surface area contributed by atoms with Crippen molar-refractivity contribution in [3.8, 4) is 0 Å². The Morgan fingerprint density at radius 2 is 2.00 bits per heavy atom. The van der Waals surface area contributed by atoms with E-state index in [1.54, 1.807) is 13.0 Å². The molecule has 0 fully saturated rings. The van der Waals surface area contributed by atoms with Crippen molar-refractivity contribution in [3.05, 3.63) is 59.8 Å². The van der Waals surface area contributed by atoms with Crippen molar-refractivity contribution in [2.45, 2.75) is 13.8 Å². The summed E-state index contributed by atoms with van der Waals surface area (Å²) >= 11 is 0. The summed E-state index contributed by atoms with van der Waals surface area (Å²) in [5.74, 6) is 0.480. The van der Waals surface area contributed by atoms with Crippen LogP contribution >= 0.6 is 0 Å². The third-order valence-corrected chi connectivity index (χ3v) is 2.77. The van der Waals surface area contributed by atoms with Gasteiger partial charge < -0.3 is 10.1 Å². The second-order valence-corrected chi connectivity index (χ2v) is 4.50. The van der Waals surface area contributed by atoms with Crippen molar-refractivity contribution in [2.24, 2.45) is 0 Å². The Morgan fingerprint density at radius 1 is 1.24 bits per heavy atom. The van der Waals surface area contributed by atoms with Crippen LogP contribution in [0.4, 0.5) is 11.5 Å². The third kappa shape index (κ3) is 4.76. The first kappa shape index (κ1) is 14.8. The number of ether oxygens (including phenoxy) is 1. The lowest BCUT2D eigenvalue weighted by molar-refractivity contribution is -0.137. The van der Waals surface area contributed by atoms with Crippen molar-refractivity contribution >= 4 is 23.6 Å². The molecule has 21 heavy (non-hydrogen) atoms. The molecule has 2 aromatic rings. The van der Waals surface area contributed by atoms with Gasteiger partial charge in [-0.05, 0) is 49.8 Å².